The highest BCUT2D eigenvalue weighted by Gasteiger charge is 2.12. The molecule has 0 aromatic carbocycles. The van der Waals surface area contributed by atoms with Crippen molar-refractivity contribution >= 4 is 18.2 Å². The van der Waals surface area contributed by atoms with Crippen molar-refractivity contribution in [2.24, 2.45) is 0 Å². The third-order valence-electron chi connectivity index (χ3n) is 1.36. The second kappa shape index (κ2) is 5.99. The molecule has 1 atom stereocenters. The van der Waals surface area contributed by atoms with Crippen LogP contribution in [0, 0.1) is 0 Å². The van der Waals surface area contributed by atoms with Crippen LogP contribution in [0.25, 0.3) is 0 Å². The molecule has 0 heterocycles. The third kappa shape index (κ3) is 4.78. The van der Waals surface area contributed by atoms with Crippen molar-refractivity contribution in [2.75, 3.05) is 13.6 Å². The maximum atomic E-state index is 10.9. The predicted molar refractivity (Wildman–Crippen MR) is 45.7 cm³/mol. The zero-order valence-electron chi connectivity index (χ0n) is 7.59. The predicted octanol–water partition coefficient (Wildman–Crippen LogP) is -2.02. The van der Waals surface area contributed by atoms with E-state index in [1.54, 1.807) is 6.92 Å². The third-order valence-corrected chi connectivity index (χ3v) is 1.36. The van der Waals surface area contributed by atoms with Gasteiger partial charge in [0.15, 0.2) is 0 Å². The Kier molecular flexibility index (Phi) is 5.25. The molecule has 0 radical (unpaired) electrons. The van der Waals surface area contributed by atoms with Crippen molar-refractivity contribution in [3.63, 3.8) is 0 Å². The number of carbonyl (C=O) groups is 3. The van der Waals surface area contributed by atoms with Crippen LogP contribution in [0.4, 0.5) is 0 Å². The van der Waals surface area contributed by atoms with Gasteiger partial charge in [-0.3, -0.25) is 14.4 Å². The van der Waals surface area contributed by atoms with E-state index in [-0.39, 0.29) is 12.5 Å². The van der Waals surface area contributed by atoms with Crippen LogP contribution < -0.4 is 16.0 Å². The molecule has 74 valence electrons. The first-order valence-corrected chi connectivity index (χ1v) is 3.79. The SMILES string of the molecule is CNC(=O)C(C)NC(=O)CNC=O. The average molecular weight is 187 g/mol. The van der Waals surface area contributed by atoms with Gasteiger partial charge in [-0.25, -0.2) is 0 Å². The highest BCUT2D eigenvalue weighted by molar-refractivity contribution is 5.88. The summed E-state index contributed by atoms with van der Waals surface area (Å²) in [5.74, 6) is -0.678. The number of carbonyl (C=O) groups excluding carboxylic acids is 3. The second-order valence-corrected chi connectivity index (χ2v) is 2.40. The lowest BCUT2D eigenvalue weighted by atomic mass is 10.3. The Bertz CT molecular complexity index is 205. The van der Waals surface area contributed by atoms with Crippen molar-refractivity contribution in [3.05, 3.63) is 0 Å². The van der Waals surface area contributed by atoms with E-state index < -0.39 is 11.9 Å². The Morgan fingerprint density at radius 1 is 1.46 bits per heavy atom. The van der Waals surface area contributed by atoms with E-state index in [0.717, 1.165) is 0 Å². The second-order valence-electron chi connectivity index (χ2n) is 2.40. The fourth-order valence-electron chi connectivity index (χ4n) is 0.709. The molecule has 0 rings (SSSR count). The minimum Gasteiger partial charge on any atom is -0.357 e. The molecular weight excluding hydrogens is 174 g/mol. The van der Waals surface area contributed by atoms with Crippen LogP contribution >= 0.6 is 0 Å². The number of hydrogen-bond acceptors (Lipinski definition) is 3. The minimum atomic E-state index is -0.592. The maximum absolute atomic E-state index is 10.9. The summed E-state index contributed by atoms with van der Waals surface area (Å²) < 4.78 is 0. The van der Waals surface area contributed by atoms with Crippen LogP contribution in [0.15, 0.2) is 0 Å². The van der Waals surface area contributed by atoms with Gasteiger partial charge in [0.25, 0.3) is 0 Å². The summed E-state index contributed by atoms with van der Waals surface area (Å²) in [5, 5.41) is 6.96. The molecule has 1 unspecified atom stereocenters. The van der Waals surface area contributed by atoms with E-state index >= 15 is 0 Å². The van der Waals surface area contributed by atoms with Gasteiger partial charge in [0.05, 0.1) is 6.54 Å². The molecule has 0 bridgehead atoms. The first-order valence-electron chi connectivity index (χ1n) is 3.79. The van der Waals surface area contributed by atoms with Crippen molar-refractivity contribution in [1.29, 1.82) is 0 Å². The molecule has 0 aliphatic heterocycles. The highest BCUT2D eigenvalue weighted by atomic mass is 16.2. The van der Waals surface area contributed by atoms with Gasteiger partial charge in [-0.2, -0.15) is 0 Å². The summed E-state index contributed by atoms with van der Waals surface area (Å²) in [5.41, 5.74) is 0. The summed E-state index contributed by atoms with van der Waals surface area (Å²) in [4.78, 5) is 31.6. The molecule has 0 fully saturated rings. The van der Waals surface area contributed by atoms with Gasteiger partial charge in [0.1, 0.15) is 6.04 Å². The molecule has 3 N–H and O–H groups in total. The number of amides is 3. The summed E-state index contributed by atoms with van der Waals surface area (Å²) in [7, 11) is 1.48. The van der Waals surface area contributed by atoms with Gasteiger partial charge in [0, 0.05) is 7.05 Å². The maximum Gasteiger partial charge on any atom is 0.242 e. The Labute approximate surface area is 76.1 Å². The molecule has 13 heavy (non-hydrogen) atoms. The molecule has 0 aliphatic carbocycles. The quantitative estimate of drug-likeness (QED) is 0.434. The fraction of sp³-hybridized carbons (Fsp3) is 0.571. The van der Waals surface area contributed by atoms with Crippen LogP contribution in [0.3, 0.4) is 0 Å². The van der Waals surface area contributed by atoms with Crippen LogP contribution in [-0.2, 0) is 14.4 Å². The van der Waals surface area contributed by atoms with Crippen molar-refractivity contribution in [1.82, 2.24) is 16.0 Å². The van der Waals surface area contributed by atoms with E-state index in [0.29, 0.717) is 6.41 Å². The molecule has 0 saturated heterocycles. The van der Waals surface area contributed by atoms with E-state index in [1.807, 2.05) is 0 Å². The topological polar surface area (TPSA) is 87.3 Å². The fourth-order valence-corrected chi connectivity index (χ4v) is 0.709. The normalized spacial score (nSPS) is 11.2. The van der Waals surface area contributed by atoms with Gasteiger partial charge < -0.3 is 16.0 Å². The molecule has 6 heteroatoms. The zero-order valence-corrected chi connectivity index (χ0v) is 7.59. The standard InChI is InChI=1S/C7H13N3O3/c1-5(7(13)8-2)10-6(12)3-9-4-11/h4-5H,3H2,1-2H3,(H,8,13)(H,9,11)(H,10,12). The Hall–Kier alpha value is -1.59. The molecule has 6 nitrogen and oxygen atoms in total. The first-order chi connectivity index (χ1) is 6.11. The number of rotatable bonds is 5. The Morgan fingerprint density at radius 3 is 2.54 bits per heavy atom. The van der Waals surface area contributed by atoms with Gasteiger partial charge in [-0.05, 0) is 6.92 Å². The molecule has 0 aromatic rings. The smallest absolute Gasteiger partial charge is 0.242 e. The molecule has 0 aromatic heterocycles. The summed E-state index contributed by atoms with van der Waals surface area (Å²) in [6.07, 6.45) is 0.421. The van der Waals surface area contributed by atoms with Gasteiger partial charge in [-0.15, -0.1) is 0 Å². The highest BCUT2D eigenvalue weighted by Crippen LogP contribution is 1.79. The van der Waals surface area contributed by atoms with Crippen LogP contribution in [0.5, 0.6) is 0 Å². The molecule has 0 aliphatic rings. The van der Waals surface area contributed by atoms with Crippen molar-refractivity contribution < 1.29 is 14.4 Å². The molecule has 0 saturated carbocycles. The first kappa shape index (κ1) is 11.4. The van der Waals surface area contributed by atoms with Gasteiger partial charge in [0.2, 0.25) is 18.2 Å². The van der Waals surface area contributed by atoms with E-state index in [1.165, 1.54) is 7.05 Å². The zero-order chi connectivity index (χ0) is 10.3. The minimum absolute atomic E-state index is 0.120. The average Bonchev–Trinajstić information content (AvgIpc) is 2.13. The van der Waals surface area contributed by atoms with Crippen molar-refractivity contribution in [3.8, 4) is 0 Å². The summed E-state index contributed by atoms with van der Waals surface area (Å²) in [6.45, 7) is 1.43. The van der Waals surface area contributed by atoms with Crippen LogP contribution in [-0.4, -0.2) is 37.9 Å². The molecule has 3 amide bonds. The van der Waals surface area contributed by atoms with Gasteiger partial charge >= 0.3 is 0 Å². The summed E-state index contributed by atoms with van der Waals surface area (Å²) >= 11 is 0. The van der Waals surface area contributed by atoms with Crippen molar-refractivity contribution in [2.45, 2.75) is 13.0 Å². The molecular formula is C7H13N3O3. The lowest BCUT2D eigenvalue weighted by Gasteiger charge is -2.11. The Morgan fingerprint density at radius 2 is 2.08 bits per heavy atom. The number of hydrogen-bond donors (Lipinski definition) is 3. The van der Waals surface area contributed by atoms with Crippen LogP contribution in [0.1, 0.15) is 6.92 Å². The van der Waals surface area contributed by atoms with E-state index in [4.69, 9.17) is 0 Å². The Balaban J connectivity index is 3.77. The van der Waals surface area contributed by atoms with Gasteiger partial charge in [-0.1, -0.05) is 0 Å². The number of likely N-dealkylation sites (N-methyl/N-ethyl adjacent to an activating group) is 1. The monoisotopic (exact) mass is 187 g/mol. The van der Waals surface area contributed by atoms with Crippen LogP contribution in [0.2, 0.25) is 0 Å². The lowest BCUT2D eigenvalue weighted by molar-refractivity contribution is -0.128. The van der Waals surface area contributed by atoms with E-state index in [9.17, 15) is 14.4 Å². The molecule has 0 spiro atoms. The largest absolute Gasteiger partial charge is 0.357 e. The number of nitrogens with one attached hydrogen (secondary N) is 3. The lowest BCUT2D eigenvalue weighted by Crippen LogP contribution is -2.46. The summed E-state index contributed by atoms with van der Waals surface area (Å²) in [6, 6.07) is -0.592. The van der Waals surface area contributed by atoms with E-state index in [2.05, 4.69) is 16.0 Å².